The Balaban J connectivity index is 1.46. The molecule has 1 N–H and O–H groups in total. The predicted octanol–water partition coefficient (Wildman–Crippen LogP) is 5.18. The summed E-state index contributed by atoms with van der Waals surface area (Å²) in [5.74, 6) is 0.223. The first-order valence-electron chi connectivity index (χ1n) is 8.90. The van der Waals surface area contributed by atoms with Crippen molar-refractivity contribution in [3.63, 3.8) is 0 Å². The number of hydrogen-bond acceptors (Lipinski definition) is 5. The summed E-state index contributed by atoms with van der Waals surface area (Å²) in [6, 6.07) is 8.66. The van der Waals surface area contributed by atoms with E-state index in [1.807, 2.05) is 13.0 Å². The van der Waals surface area contributed by atoms with Gasteiger partial charge in [-0.3, -0.25) is 4.79 Å². The molecule has 0 radical (unpaired) electrons. The summed E-state index contributed by atoms with van der Waals surface area (Å²) in [5, 5.41) is 13.9. The maximum absolute atomic E-state index is 13.3. The fraction of sp³-hybridized carbons (Fsp3) is 0.316. The smallest absolute Gasteiger partial charge is 0.237 e. The lowest BCUT2D eigenvalue weighted by molar-refractivity contribution is -0.115. The highest BCUT2D eigenvalue weighted by molar-refractivity contribution is 8.00. The number of nitrogens with zero attached hydrogens (tertiary/aromatic N) is 3. The van der Waals surface area contributed by atoms with E-state index in [2.05, 4.69) is 31.5 Å². The highest BCUT2D eigenvalue weighted by atomic mass is 35.5. The lowest BCUT2D eigenvalue weighted by Gasteiger charge is -2.13. The van der Waals surface area contributed by atoms with Crippen LogP contribution in [0.3, 0.4) is 0 Å². The quantitative estimate of drug-likeness (QED) is 0.518. The van der Waals surface area contributed by atoms with Crippen LogP contribution in [0.2, 0.25) is 5.02 Å². The van der Waals surface area contributed by atoms with Crippen LogP contribution < -0.4 is 5.32 Å². The van der Waals surface area contributed by atoms with E-state index in [0.29, 0.717) is 11.7 Å². The molecule has 0 bridgehead atoms. The van der Waals surface area contributed by atoms with Gasteiger partial charge >= 0.3 is 0 Å². The number of nitrogens with one attached hydrogen (secondary N) is 1. The molecule has 1 aliphatic carbocycles. The molecule has 1 aromatic carbocycles. The van der Waals surface area contributed by atoms with Crippen molar-refractivity contribution in [2.24, 2.45) is 0 Å². The standard InChI is InChI=1S/C19H18ClFN4OS2/c1-11(18(26)22-12-4-7-16(21)15(20)9-12)28-19-24-23-17(25(19)13-5-6-13)10-14-3-2-8-27-14/h2-4,7-9,11,13H,5-6,10H2,1H3,(H,22,26). The van der Waals surface area contributed by atoms with E-state index in [4.69, 9.17) is 11.6 Å². The topological polar surface area (TPSA) is 59.8 Å². The maximum atomic E-state index is 13.3. The second-order valence-electron chi connectivity index (χ2n) is 6.63. The second kappa shape index (κ2) is 8.23. The van der Waals surface area contributed by atoms with E-state index in [-0.39, 0.29) is 16.2 Å². The second-order valence-corrected chi connectivity index (χ2v) is 9.38. The largest absolute Gasteiger partial charge is 0.325 e. The molecule has 9 heteroatoms. The summed E-state index contributed by atoms with van der Waals surface area (Å²) >= 11 is 8.86. The minimum atomic E-state index is -0.516. The van der Waals surface area contributed by atoms with Gasteiger partial charge in [-0.1, -0.05) is 29.4 Å². The van der Waals surface area contributed by atoms with Crippen LogP contribution in [0.1, 0.15) is 36.5 Å². The van der Waals surface area contributed by atoms with Gasteiger partial charge in [-0.15, -0.1) is 21.5 Å². The lowest BCUT2D eigenvalue weighted by atomic mass is 10.3. The number of rotatable bonds is 7. The van der Waals surface area contributed by atoms with Gasteiger partial charge < -0.3 is 9.88 Å². The molecule has 4 rings (SSSR count). The number of halogens is 2. The van der Waals surface area contributed by atoms with Crippen LogP contribution >= 0.6 is 34.7 Å². The number of benzene rings is 1. The first-order valence-corrected chi connectivity index (χ1v) is 11.0. The molecule has 2 heterocycles. The van der Waals surface area contributed by atoms with Crippen molar-refractivity contribution in [2.45, 2.75) is 42.6 Å². The molecule has 2 aromatic heterocycles. The first kappa shape index (κ1) is 19.4. The number of anilines is 1. The average molecular weight is 437 g/mol. The Morgan fingerprint density at radius 3 is 2.93 bits per heavy atom. The van der Waals surface area contributed by atoms with E-state index in [9.17, 15) is 9.18 Å². The molecule has 1 aliphatic rings. The summed E-state index contributed by atoms with van der Waals surface area (Å²) in [6.45, 7) is 1.82. The molecule has 0 aliphatic heterocycles. The molecule has 1 atom stereocenters. The van der Waals surface area contributed by atoms with Gasteiger partial charge in [-0.25, -0.2) is 4.39 Å². The van der Waals surface area contributed by atoms with Crippen molar-refractivity contribution in [1.29, 1.82) is 0 Å². The van der Waals surface area contributed by atoms with Crippen LogP contribution in [0.25, 0.3) is 0 Å². The molecular formula is C19H18ClFN4OS2. The molecule has 0 saturated heterocycles. The predicted molar refractivity (Wildman–Crippen MR) is 111 cm³/mol. The molecule has 1 unspecified atom stereocenters. The van der Waals surface area contributed by atoms with Crippen LogP contribution in [0, 0.1) is 5.82 Å². The van der Waals surface area contributed by atoms with E-state index >= 15 is 0 Å². The lowest BCUT2D eigenvalue weighted by Crippen LogP contribution is -2.23. The average Bonchev–Trinajstić information content (AvgIpc) is 3.22. The summed E-state index contributed by atoms with van der Waals surface area (Å²) in [5.41, 5.74) is 0.464. The molecule has 0 spiro atoms. The Kier molecular flexibility index (Phi) is 5.70. The number of carbonyl (C=O) groups excluding carboxylic acids is 1. The van der Waals surface area contributed by atoms with E-state index in [1.54, 1.807) is 11.3 Å². The van der Waals surface area contributed by atoms with Crippen molar-refractivity contribution >= 4 is 46.3 Å². The number of carbonyl (C=O) groups is 1. The third-order valence-electron chi connectivity index (χ3n) is 4.40. The van der Waals surface area contributed by atoms with Crippen LogP contribution in [0.5, 0.6) is 0 Å². The highest BCUT2D eigenvalue weighted by Crippen LogP contribution is 2.40. The van der Waals surface area contributed by atoms with E-state index in [0.717, 1.165) is 30.2 Å². The van der Waals surface area contributed by atoms with Crippen molar-refractivity contribution in [3.05, 3.63) is 57.3 Å². The van der Waals surface area contributed by atoms with Gasteiger partial charge in [0.15, 0.2) is 5.16 Å². The van der Waals surface area contributed by atoms with Gasteiger partial charge in [-0.05, 0) is 49.4 Å². The van der Waals surface area contributed by atoms with Gasteiger partial charge in [0, 0.05) is 23.0 Å². The van der Waals surface area contributed by atoms with Gasteiger partial charge in [-0.2, -0.15) is 0 Å². The molecule has 1 amide bonds. The number of hydrogen-bond donors (Lipinski definition) is 1. The molecule has 28 heavy (non-hydrogen) atoms. The minimum absolute atomic E-state index is 0.0233. The Hall–Kier alpha value is -1.90. The van der Waals surface area contributed by atoms with Crippen LogP contribution in [-0.2, 0) is 11.2 Å². The third-order valence-corrected chi connectivity index (χ3v) is 6.62. The summed E-state index contributed by atoms with van der Waals surface area (Å²) < 4.78 is 15.4. The zero-order chi connectivity index (χ0) is 19.7. The van der Waals surface area contributed by atoms with Crippen molar-refractivity contribution in [2.75, 3.05) is 5.32 Å². The van der Waals surface area contributed by atoms with Gasteiger partial charge in [0.05, 0.1) is 10.3 Å². The Bertz CT molecular complexity index is 988. The van der Waals surface area contributed by atoms with Crippen molar-refractivity contribution in [1.82, 2.24) is 14.8 Å². The first-order chi connectivity index (χ1) is 13.5. The van der Waals surface area contributed by atoms with Gasteiger partial charge in [0.1, 0.15) is 11.6 Å². The van der Waals surface area contributed by atoms with Gasteiger partial charge in [0.2, 0.25) is 5.91 Å². The Labute approximate surface area is 175 Å². The number of thiophene rings is 1. The Morgan fingerprint density at radius 1 is 1.43 bits per heavy atom. The van der Waals surface area contributed by atoms with E-state index in [1.165, 1.54) is 34.8 Å². The zero-order valence-electron chi connectivity index (χ0n) is 15.1. The molecule has 146 valence electrons. The zero-order valence-corrected chi connectivity index (χ0v) is 17.5. The van der Waals surface area contributed by atoms with Crippen molar-refractivity contribution < 1.29 is 9.18 Å². The van der Waals surface area contributed by atoms with Gasteiger partial charge in [0.25, 0.3) is 0 Å². The fourth-order valence-corrected chi connectivity index (χ4v) is 4.63. The minimum Gasteiger partial charge on any atom is -0.325 e. The fourth-order valence-electron chi connectivity index (χ4n) is 2.81. The maximum Gasteiger partial charge on any atom is 0.237 e. The molecule has 1 fully saturated rings. The number of aromatic nitrogens is 3. The summed E-state index contributed by atoms with van der Waals surface area (Å²) in [6.07, 6.45) is 2.96. The van der Waals surface area contributed by atoms with Crippen LogP contribution in [0.15, 0.2) is 40.9 Å². The number of amides is 1. The number of thioether (sulfide) groups is 1. The molecule has 3 aromatic rings. The van der Waals surface area contributed by atoms with E-state index < -0.39 is 5.82 Å². The molecular weight excluding hydrogens is 419 g/mol. The highest BCUT2D eigenvalue weighted by Gasteiger charge is 2.31. The summed E-state index contributed by atoms with van der Waals surface area (Å²) in [4.78, 5) is 13.8. The molecule has 5 nitrogen and oxygen atoms in total. The van der Waals surface area contributed by atoms with Crippen molar-refractivity contribution in [3.8, 4) is 0 Å². The van der Waals surface area contributed by atoms with Crippen LogP contribution in [0.4, 0.5) is 10.1 Å². The normalized spacial score (nSPS) is 14.8. The third kappa shape index (κ3) is 4.39. The monoisotopic (exact) mass is 436 g/mol. The molecule has 1 saturated carbocycles. The summed E-state index contributed by atoms with van der Waals surface area (Å²) in [7, 11) is 0. The van der Waals surface area contributed by atoms with Crippen LogP contribution in [-0.4, -0.2) is 25.9 Å². The Morgan fingerprint density at radius 2 is 2.25 bits per heavy atom. The SMILES string of the molecule is CC(Sc1nnc(Cc2cccs2)n1C1CC1)C(=O)Nc1ccc(F)c(Cl)c1.